The summed E-state index contributed by atoms with van der Waals surface area (Å²) in [7, 11) is 0. The Hall–Kier alpha value is -1.31. The molecule has 0 aliphatic heterocycles. The fourth-order valence-corrected chi connectivity index (χ4v) is 2.41. The largest absolute Gasteiger partial charge is 0.481 e. The summed E-state index contributed by atoms with van der Waals surface area (Å²) in [6.07, 6.45) is -0.987. The van der Waals surface area contributed by atoms with Crippen molar-refractivity contribution in [1.29, 1.82) is 0 Å². The molecule has 1 aliphatic carbocycles. The molecule has 0 aromatic heterocycles. The molecule has 0 aromatic carbocycles. The number of carboxylic acids is 1. The fraction of sp³-hybridized carbons (Fsp3) is 0.833. The van der Waals surface area contributed by atoms with Gasteiger partial charge < -0.3 is 5.11 Å². The lowest BCUT2D eigenvalue weighted by molar-refractivity contribution is -0.192. The van der Waals surface area contributed by atoms with Gasteiger partial charge >= 0.3 is 12.1 Å². The Morgan fingerprint density at radius 2 is 1.70 bits per heavy atom. The van der Waals surface area contributed by atoms with Gasteiger partial charge in [0.05, 0.1) is 5.41 Å². The number of hydrogen-bond donors (Lipinski definition) is 2. The number of aliphatic carboxylic acids is 1. The van der Waals surface area contributed by atoms with Crippen LogP contribution in [-0.4, -0.2) is 29.8 Å². The van der Waals surface area contributed by atoms with E-state index >= 15 is 0 Å². The van der Waals surface area contributed by atoms with E-state index in [9.17, 15) is 27.9 Å². The predicted molar refractivity (Wildman–Crippen MR) is 62.5 cm³/mol. The van der Waals surface area contributed by atoms with Gasteiger partial charge in [0.2, 0.25) is 5.91 Å². The van der Waals surface area contributed by atoms with E-state index < -0.39 is 30.1 Å². The molecule has 0 spiro atoms. The molecular weight excluding hydrogens is 279 g/mol. The summed E-state index contributed by atoms with van der Waals surface area (Å²) in [4.78, 5) is 27.0. The molecular formula is C12H18F3NO4. The summed E-state index contributed by atoms with van der Waals surface area (Å²) < 4.78 is 35.6. The van der Waals surface area contributed by atoms with E-state index in [0.717, 1.165) is 12.8 Å². The van der Waals surface area contributed by atoms with Crippen molar-refractivity contribution >= 4 is 11.9 Å². The van der Waals surface area contributed by atoms with Crippen LogP contribution in [0.3, 0.4) is 0 Å². The van der Waals surface area contributed by atoms with Gasteiger partial charge in [-0.2, -0.15) is 13.2 Å². The zero-order valence-electron chi connectivity index (χ0n) is 11.0. The zero-order chi connectivity index (χ0) is 15.2. The molecule has 1 saturated carbocycles. The van der Waals surface area contributed by atoms with Crippen molar-refractivity contribution in [3.05, 3.63) is 0 Å². The van der Waals surface area contributed by atoms with Gasteiger partial charge in [0.25, 0.3) is 0 Å². The van der Waals surface area contributed by atoms with E-state index in [4.69, 9.17) is 0 Å². The third-order valence-electron chi connectivity index (χ3n) is 3.44. The maximum absolute atomic E-state index is 11.9. The van der Waals surface area contributed by atoms with Crippen LogP contribution in [0.2, 0.25) is 0 Å². The lowest BCUT2D eigenvalue weighted by Crippen LogP contribution is -2.38. The minimum absolute atomic E-state index is 0.356. The predicted octanol–water partition coefficient (Wildman–Crippen LogP) is 2.41. The van der Waals surface area contributed by atoms with E-state index in [1.54, 1.807) is 5.48 Å². The number of carbonyl (C=O) groups excluding carboxylic acids is 1. The van der Waals surface area contributed by atoms with E-state index in [1.807, 2.05) is 0 Å². The summed E-state index contributed by atoms with van der Waals surface area (Å²) in [6, 6.07) is 0. The maximum Gasteiger partial charge on any atom is 0.414 e. The third-order valence-corrected chi connectivity index (χ3v) is 3.44. The fourth-order valence-electron chi connectivity index (χ4n) is 2.41. The second-order valence-corrected chi connectivity index (χ2v) is 5.11. The van der Waals surface area contributed by atoms with Gasteiger partial charge in [-0.15, -0.1) is 0 Å². The van der Waals surface area contributed by atoms with E-state index in [0.29, 0.717) is 25.7 Å². The Labute approximate surface area is 114 Å². The topological polar surface area (TPSA) is 75.6 Å². The van der Waals surface area contributed by atoms with Crippen molar-refractivity contribution < 1.29 is 32.7 Å². The number of rotatable bonds is 5. The summed E-state index contributed by atoms with van der Waals surface area (Å²) >= 11 is 0. The van der Waals surface area contributed by atoms with Gasteiger partial charge in [-0.1, -0.05) is 25.7 Å². The first-order valence-electron chi connectivity index (χ1n) is 6.46. The van der Waals surface area contributed by atoms with Crippen LogP contribution in [0.1, 0.15) is 44.9 Å². The third kappa shape index (κ3) is 5.36. The smallest absolute Gasteiger partial charge is 0.414 e. The van der Waals surface area contributed by atoms with Crippen LogP contribution in [0.25, 0.3) is 0 Å². The average Bonchev–Trinajstić information content (AvgIpc) is 2.53. The van der Waals surface area contributed by atoms with Crippen LogP contribution >= 0.6 is 0 Å². The Balaban J connectivity index is 2.53. The molecule has 0 aromatic rings. The first kappa shape index (κ1) is 16.7. The summed E-state index contributed by atoms with van der Waals surface area (Å²) in [5.74, 6) is -1.91. The Kier molecular flexibility index (Phi) is 5.79. The standard InChI is InChI=1S/C12H18F3NO4/c13-12(14,15)8-20-16-9(17)7-11(10(18)19)5-3-1-2-4-6-11/h1-8H2,(H,16,17)(H,18,19). The van der Waals surface area contributed by atoms with Gasteiger partial charge in [0, 0.05) is 6.42 Å². The molecule has 0 heterocycles. The SMILES string of the molecule is O=C(CC1(C(=O)O)CCCCCC1)NOCC(F)(F)F. The Morgan fingerprint density at radius 3 is 2.15 bits per heavy atom. The first-order valence-corrected chi connectivity index (χ1v) is 6.46. The van der Waals surface area contributed by atoms with Crippen molar-refractivity contribution in [2.75, 3.05) is 6.61 Å². The Bertz CT molecular complexity index is 349. The summed E-state index contributed by atoms with van der Waals surface area (Å²) in [5, 5.41) is 9.32. The Morgan fingerprint density at radius 1 is 1.15 bits per heavy atom. The normalized spacial score (nSPS) is 19.1. The highest BCUT2D eigenvalue weighted by Gasteiger charge is 2.40. The molecule has 0 unspecified atom stereocenters. The van der Waals surface area contributed by atoms with Gasteiger partial charge in [0.15, 0.2) is 6.61 Å². The number of carbonyl (C=O) groups is 2. The minimum Gasteiger partial charge on any atom is -0.481 e. The van der Waals surface area contributed by atoms with E-state index in [-0.39, 0.29) is 6.42 Å². The van der Waals surface area contributed by atoms with Crippen LogP contribution in [0.15, 0.2) is 0 Å². The van der Waals surface area contributed by atoms with E-state index in [1.165, 1.54) is 0 Å². The molecule has 1 aliphatic rings. The van der Waals surface area contributed by atoms with E-state index in [2.05, 4.69) is 4.84 Å². The van der Waals surface area contributed by atoms with Gasteiger partial charge in [0.1, 0.15) is 0 Å². The van der Waals surface area contributed by atoms with Crippen LogP contribution < -0.4 is 5.48 Å². The van der Waals surface area contributed by atoms with Crippen molar-refractivity contribution in [3.63, 3.8) is 0 Å². The molecule has 1 amide bonds. The number of halogens is 3. The number of hydroxylamine groups is 1. The summed E-state index contributed by atoms with van der Waals surface area (Å²) in [5.41, 5.74) is 0.472. The molecule has 2 N–H and O–H groups in total. The van der Waals surface area contributed by atoms with Crippen LogP contribution in [0.4, 0.5) is 13.2 Å². The summed E-state index contributed by atoms with van der Waals surface area (Å²) in [6.45, 7) is -1.60. The average molecular weight is 297 g/mol. The molecule has 0 atom stereocenters. The highest BCUT2D eigenvalue weighted by atomic mass is 19.4. The van der Waals surface area contributed by atoms with Crippen molar-refractivity contribution in [1.82, 2.24) is 5.48 Å². The van der Waals surface area contributed by atoms with Gasteiger partial charge in [-0.25, -0.2) is 5.48 Å². The molecule has 0 saturated heterocycles. The zero-order valence-corrected chi connectivity index (χ0v) is 11.0. The number of alkyl halides is 3. The van der Waals surface area contributed by atoms with Gasteiger partial charge in [-0.05, 0) is 12.8 Å². The van der Waals surface area contributed by atoms with Crippen LogP contribution in [0, 0.1) is 5.41 Å². The van der Waals surface area contributed by atoms with Gasteiger partial charge in [-0.3, -0.25) is 14.4 Å². The lowest BCUT2D eigenvalue weighted by atomic mass is 9.77. The van der Waals surface area contributed by atoms with Crippen LogP contribution in [0.5, 0.6) is 0 Å². The number of carboxylic acid groups (broad SMARTS) is 1. The molecule has 20 heavy (non-hydrogen) atoms. The molecule has 5 nitrogen and oxygen atoms in total. The van der Waals surface area contributed by atoms with Crippen LogP contribution in [-0.2, 0) is 14.4 Å². The van der Waals surface area contributed by atoms with Crippen molar-refractivity contribution in [3.8, 4) is 0 Å². The maximum atomic E-state index is 11.9. The molecule has 0 bridgehead atoms. The quantitative estimate of drug-likeness (QED) is 0.603. The number of amides is 1. The second-order valence-electron chi connectivity index (χ2n) is 5.11. The minimum atomic E-state index is -4.54. The highest BCUT2D eigenvalue weighted by molar-refractivity contribution is 5.84. The van der Waals surface area contributed by atoms with Crippen molar-refractivity contribution in [2.24, 2.45) is 5.41 Å². The highest BCUT2D eigenvalue weighted by Crippen LogP contribution is 2.38. The molecule has 0 radical (unpaired) electrons. The number of hydrogen-bond acceptors (Lipinski definition) is 3. The van der Waals surface area contributed by atoms with Crippen molar-refractivity contribution in [2.45, 2.75) is 51.1 Å². The number of nitrogens with one attached hydrogen (secondary N) is 1. The molecule has 1 fully saturated rings. The molecule has 1 rings (SSSR count). The molecule has 116 valence electrons. The lowest BCUT2D eigenvalue weighted by Gasteiger charge is -2.27. The second kappa shape index (κ2) is 6.92. The monoisotopic (exact) mass is 297 g/mol. The first-order chi connectivity index (χ1) is 9.25. The molecule has 8 heteroatoms.